The number of aliphatic carboxylic acids is 1. The summed E-state index contributed by atoms with van der Waals surface area (Å²) < 4.78 is 0. The van der Waals surface area contributed by atoms with Gasteiger partial charge in [0, 0.05) is 6.42 Å². The lowest BCUT2D eigenvalue weighted by atomic mass is 10.0. The molecule has 0 fully saturated rings. The van der Waals surface area contributed by atoms with Gasteiger partial charge < -0.3 is 32.5 Å². The van der Waals surface area contributed by atoms with Gasteiger partial charge in [-0.3, -0.25) is 24.0 Å². The van der Waals surface area contributed by atoms with E-state index in [1.807, 2.05) is 6.26 Å². The number of hydrogen-bond donors (Lipinski definition) is 6. The summed E-state index contributed by atoms with van der Waals surface area (Å²) in [7, 11) is 0. The number of thioether (sulfide) groups is 1. The van der Waals surface area contributed by atoms with Crippen molar-refractivity contribution in [3.8, 4) is 0 Å². The Morgan fingerprint density at radius 1 is 1.00 bits per heavy atom. The first-order valence-electron chi connectivity index (χ1n) is 9.81. The van der Waals surface area contributed by atoms with E-state index in [2.05, 4.69) is 16.0 Å². The standard InChI is InChI=1S/C20H29N5O6S/c1-32-8-7-14(24-18(29)13(21)10-16(22)26)20(31)25-15(19(30)23-11-17(27)28)9-12-5-3-2-4-6-12/h2-6,13-15H,7-11,21H2,1H3,(H2,22,26)(H,23,30)(H,24,29)(H,25,31)(H,27,28). The Morgan fingerprint density at radius 3 is 2.19 bits per heavy atom. The van der Waals surface area contributed by atoms with Gasteiger partial charge in [0.05, 0.1) is 12.5 Å². The average molecular weight is 468 g/mol. The van der Waals surface area contributed by atoms with Crippen LogP contribution in [0.5, 0.6) is 0 Å². The second-order valence-electron chi connectivity index (χ2n) is 6.98. The van der Waals surface area contributed by atoms with Crippen molar-refractivity contribution >= 4 is 41.4 Å². The first-order valence-corrected chi connectivity index (χ1v) is 11.2. The van der Waals surface area contributed by atoms with Crippen molar-refractivity contribution in [2.75, 3.05) is 18.6 Å². The van der Waals surface area contributed by atoms with Crippen molar-refractivity contribution in [1.82, 2.24) is 16.0 Å². The van der Waals surface area contributed by atoms with Crippen LogP contribution < -0.4 is 27.4 Å². The molecule has 0 aliphatic carbocycles. The van der Waals surface area contributed by atoms with E-state index < -0.39 is 54.3 Å². The van der Waals surface area contributed by atoms with Crippen molar-refractivity contribution < 1.29 is 29.1 Å². The molecule has 8 N–H and O–H groups in total. The van der Waals surface area contributed by atoms with Gasteiger partial charge >= 0.3 is 5.97 Å². The lowest BCUT2D eigenvalue weighted by molar-refractivity contribution is -0.138. The van der Waals surface area contributed by atoms with E-state index >= 15 is 0 Å². The second kappa shape index (κ2) is 14.0. The first-order chi connectivity index (χ1) is 15.1. The van der Waals surface area contributed by atoms with Crippen LogP contribution in [0.15, 0.2) is 30.3 Å². The predicted molar refractivity (Wildman–Crippen MR) is 119 cm³/mol. The molecule has 1 rings (SSSR count). The number of carbonyl (C=O) groups is 5. The summed E-state index contributed by atoms with van der Waals surface area (Å²) in [5, 5.41) is 16.1. The Kier molecular flexibility index (Phi) is 11.8. The smallest absolute Gasteiger partial charge is 0.322 e. The highest BCUT2D eigenvalue weighted by Gasteiger charge is 2.28. The van der Waals surface area contributed by atoms with Crippen LogP contribution >= 0.6 is 11.8 Å². The monoisotopic (exact) mass is 467 g/mol. The van der Waals surface area contributed by atoms with Crippen LogP contribution in [0.4, 0.5) is 0 Å². The van der Waals surface area contributed by atoms with E-state index in [0.717, 1.165) is 5.56 Å². The Bertz CT molecular complexity index is 807. The highest BCUT2D eigenvalue weighted by Crippen LogP contribution is 2.06. The fourth-order valence-electron chi connectivity index (χ4n) is 2.71. The number of rotatable bonds is 14. The van der Waals surface area contributed by atoms with Gasteiger partial charge in [-0.2, -0.15) is 11.8 Å². The number of amides is 4. The van der Waals surface area contributed by atoms with Gasteiger partial charge in [-0.05, 0) is 24.0 Å². The van der Waals surface area contributed by atoms with Gasteiger partial charge in [0.2, 0.25) is 23.6 Å². The van der Waals surface area contributed by atoms with E-state index in [4.69, 9.17) is 16.6 Å². The maximum atomic E-state index is 12.9. The van der Waals surface area contributed by atoms with Crippen LogP contribution in [0, 0.1) is 0 Å². The highest BCUT2D eigenvalue weighted by atomic mass is 32.2. The van der Waals surface area contributed by atoms with Crippen LogP contribution in [-0.4, -0.2) is 71.4 Å². The molecule has 0 radical (unpaired) electrons. The van der Waals surface area contributed by atoms with Crippen LogP contribution in [0.1, 0.15) is 18.4 Å². The lowest BCUT2D eigenvalue weighted by Gasteiger charge is -2.24. The molecule has 1 aromatic carbocycles. The maximum Gasteiger partial charge on any atom is 0.322 e. The summed E-state index contributed by atoms with van der Waals surface area (Å²) in [4.78, 5) is 59.5. The van der Waals surface area contributed by atoms with E-state index in [0.29, 0.717) is 5.75 Å². The van der Waals surface area contributed by atoms with Crippen LogP contribution in [0.2, 0.25) is 0 Å². The molecule has 3 atom stereocenters. The normalized spacial score (nSPS) is 13.3. The fraction of sp³-hybridized carbons (Fsp3) is 0.450. The second-order valence-corrected chi connectivity index (χ2v) is 7.97. The number of carboxylic acids is 1. The van der Waals surface area contributed by atoms with Crippen molar-refractivity contribution in [2.24, 2.45) is 11.5 Å². The third-order valence-corrected chi connectivity index (χ3v) is 4.97. The summed E-state index contributed by atoms with van der Waals surface area (Å²) in [6.07, 6.45) is 1.81. The van der Waals surface area contributed by atoms with E-state index in [9.17, 15) is 24.0 Å². The Morgan fingerprint density at radius 2 is 1.62 bits per heavy atom. The summed E-state index contributed by atoms with van der Waals surface area (Å²) in [6, 6.07) is 5.56. The highest BCUT2D eigenvalue weighted by molar-refractivity contribution is 7.98. The molecule has 0 aromatic heterocycles. The fourth-order valence-corrected chi connectivity index (χ4v) is 3.18. The molecule has 0 saturated heterocycles. The number of nitrogens with one attached hydrogen (secondary N) is 3. The minimum absolute atomic E-state index is 0.114. The molecular formula is C20H29N5O6S. The molecule has 0 spiro atoms. The number of hydrogen-bond acceptors (Lipinski definition) is 7. The van der Waals surface area contributed by atoms with E-state index in [1.165, 1.54) is 11.8 Å². The molecule has 0 saturated carbocycles. The molecule has 1 aromatic rings. The number of benzene rings is 1. The molecule has 0 heterocycles. The Hall–Kier alpha value is -3.12. The molecule has 4 amide bonds. The summed E-state index contributed by atoms with van der Waals surface area (Å²) in [6.45, 7) is -0.603. The summed E-state index contributed by atoms with van der Waals surface area (Å²) in [5.74, 6) is -3.49. The van der Waals surface area contributed by atoms with Crippen LogP contribution in [0.3, 0.4) is 0 Å². The molecule has 32 heavy (non-hydrogen) atoms. The molecule has 176 valence electrons. The van der Waals surface area contributed by atoms with Crippen molar-refractivity contribution in [3.63, 3.8) is 0 Å². The Balaban J connectivity index is 2.96. The zero-order valence-electron chi connectivity index (χ0n) is 17.7. The number of carboxylic acid groups (broad SMARTS) is 1. The topological polar surface area (TPSA) is 194 Å². The number of nitrogens with two attached hydrogens (primary N) is 2. The Labute approximate surface area is 190 Å². The molecule has 0 bridgehead atoms. The molecule has 0 aliphatic rings. The quantitative estimate of drug-likeness (QED) is 0.187. The summed E-state index contributed by atoms with van der Waals surface area (Å²) in [5.41, 5.74) is 11.4. The third kappa shape index (κ3) is 10.3. The SMILES string of the molecule is CSCCC(NC(=O)C(N)CC(N)=O)C(=O)NC(Cc1ccccc1)C(=O)NCC(=O)O. The number of primary amides is 1. The zero-order chi connectivity index (χ0) is 24.1. The van der Waals surface area contributed by atoms with Gasteiger partial charge in [0.25, 0.3) is 0 Å². The minimum Gasteiger partial charge on any atom is -0.480 e. The first kappa shape index (κ1) is 26.9. The van der Waals surface area contributed by atoms with Crippen molar-refractivity contribution in [2.45, 2.75) is 37.4 Å². The number of carbonyl (C=O) groups excluding carboxylic acids is 4. The molecule has 12 heteroatoms. The zero-order valence-corrected chi connectivity index (χ0v) is 18.5. The van der Waals surface area contributed by atoms with Crippen molar-refractivity contribution in [1.29, 1.82) is 0 Å². The van der Waals surface area contributed by atoms with Gasteiger partial charge in [-0.25, -0.2) is 0 Å². The van der Waals surface area contributed by atoms with E-state index in [1.54, 1.807) is 30.3 Å². The molecule has 11 nitrogen and oxygen atoms in total. The van der Waals surface area contributed by atoms with Crippen molar-refractivity contribution in [3.05, 3.63) is 35.9 Å². The maximum absolute atomic E-state index is 12.9. The van der Waals surface area contributed by atoms with Gasteiger partial charge in [-0.1, -0.05) is 30.3 Å². The van der Waals surface area contributed by atoms with Gasteiger partial charge in [0.15, 0.2) is 0 Å². The molecule has 3 unspecified atom stereocenters. The third-order valence-electron chi connectivity index (χ3n) is 4.33. The van der Waals surface area contributed by atoms with E-state index in [-0.39, 0.29) is 19.3 Å². The summed E-state index contributed by atoms with van der Waals surface area (Å²) >= 11 is 1.45. The lowest BCUT2D eigenvalue weighted by Crippen LogP contribution is -2.57. The predicted octanol–water partition coefficient (Wildman–Crippen LogP) is -1.64. The molecule has 0 aliphatic heterocycles. The van der Waals surface area contributed by atoms with Gasteiger partial charge in [0.1, 0.15) is 18.6 Å². The minimum atomic E-state index is -1.23. The largest absolute Gasteiger partial charge is 0.480 e. The van der Waals surface area contributed by atoms with Crippen LogP contribution in [-0.2, 0) is 30.4 Å². The van der Waals surface area contributed by atoms with Crippen LogP contribution in [0.25, 0.3) is 0 Å². The average Bonchev–Trinajstić information content (AvgIpc) is 2.74. The molecular weight excluding hydrogens is 438 g/mol. The van der Waals surface area contributed by atoms with Gasteiger partial charge in [-0.15, -0.1) is 0 Å².